The first-order chi connectivity index (χ1) is 14.9. The minimum absolute atomic E-state index is 1.11. The first-order valence-corrected chi connectivity index (χ1v) is 14.9. The largest absolute Gasteiger partial charge is 0.0533 e. The summed E-state index contributed by atoms with van der Waals surface area (Å²) in [6, 6.07) is 0. The molecule has 5 aliphatic carbocycles. The minimum Gasteiger partial charge on any atom is -0.0533 e. The molecular weight excluding hydrogens is 360 g/mol. The number of rotatable bonds is 4. The van der Waals surface area contributed by atoms with E-state index in [0.29, 0.717) is 0 Å². The van der Waals surface area contributed by atoms with E-state index in [-0.39, 0.29) is 0 Å². The molecule has 5 saturated carbocycles. The molecule has 0 heteroatoms. The van der Waals surface area contributed by atoms with Crippen LogP contribution in [0.4, 0.5) is 0 Å². The maximum atomic E-state index is 1.68. The van der Waals surface area contributed by atoms with Crippen molar-refractivity contribution < 1.29 is 0 Å². The van der Waals surface area contributed by atoms with Gasteiger partial charge in [0.15, 0.2) is 0 Å². The Morgan fingerprint density at radius 3 is 0.633 bits per heavy atom. The fourth-order valence-corrected chi connectivity index (χ4v) is 9.75. The van der Waals surface area contributed by atoms with Crippen molar-refractivity contribution in [2.24, 2.45) is 47.3 Å². The summed E-state index contributed by atoms with van der Waals surface area (Å²) in [6.07, 6.45) is 34.7. The van der Waals surface area contributed by atoms with Gasteiger partial charge in [-0.3, -0.25) is 0 Å². The van der Waals surface area contributed by atoms with Crippen molar-refractivity contribution >= 4 is 0 Å². The molecule has 4 atom stereocenters. The van der Waals surface area contributed by atoms with Crippen LogP contribution in [0.5, 0.6) is 0 Å². The van der Waals surface area contributed by atoms with E-state index in [1.807, 2.05) is 0 Å². The third-order valence-corrected chi connectivity index (χ3v) is 11.2. The topological polar surface area (TPSA) is 0 Å². The van der Waals surface area contributed by atoms with Crippen LogP contribution in [-0.2, 0) is 0 Å². The van der Waals surface area contributed by atoms with Crippen molar-refractivity contribution in [2.75, 3.05) is 0 Å². The quantitative estimate of drug-likeness (QED) is 0.431. The Hall–Kier alpha value is 0. The van der Waals surface area contributed by atoms with Gasteiger partial charge in [0.2, 0.25) is 0 Å². The summed E-state index contributed by atoms with van der Waals surface area (Å²) < 4.78 is 0. The van der Waals surface area contributed by atoms with Gasteiger partial charge < -0.3 is 0 Å². The molecule has 0 radical (unpaired) electrons. The van der Waals surface area contributed by atoms with Crippen molar-refractivity contribution in [1.29, 1.82) is 0 Å². The molecule has 0 aromatic carbocycles. The van der Waals surface area contributed by atoms with E-state index in [0.717, 1.165) is 47.3 Å². The second-order valence-electron chi connectivity index (χ2n) is 12.7. The van der Waals surface area contributed by atoms with Gasteiger partial charge in [0.25, 0.3) is 0 Å². The summed E-state index contributed by atoms with van der Waals surface area (Å²) in [7, 11) is 0. The summed E-state index contributed by atoms with van der Waals surface area (Å²) in [5.41, 5.74) is 0. The molecule has 5 fully saturated rings. The van der Waals surface area contributed by atoms with Gasteiger partial charge in [0.05, 0.1) is 0 Å². The monoisotopic (exact) mass is 412 g/mol. The molecule has 0 aliphatic heterocycles. The molecule has 172 valence electrons. The van der Waals surface area contributed by atoms with Crippen LogP contribution in [-0.4, -0.2) is 0 Å². The van der Waals surface area contributed by atoms with Crippen molar-refractivity contribution in [3.05, 3.63) is 0 Å². The Balaban J connectivity index is 1.39. The summed E-state index contributed by atoms with van der Waals surface area (Å²) in [4.78, 5) is 0. The van der Waals surface area contributed by atoms with Gasteiger partial charge in [0.1, 0.15) is 0 Å². The zero-order valence-electron chi connectivity index (χ0n) is 20.2. The molecule has 0 N–H and O–H groups in total. The highest BCUT2D eigenvalue weighted by Crippen LogP contribution is 2.56. The minimum atomic E-state index is 1.11. The highest BCUT2D eigenvalue weighted by molar-refractivity contribution is 4.97. The molecule has 0 saturated heterocycles. The van der Waals surface area contributed by atoms with Crippen LogP contribution in [0.25, 0.3) is 0 Å². The molecule has 30 heavy (non-hydrogen) atoms. The summed E-state index contributed by atoms with van der Waals surface area (Å²) >= 11 is 0. The Morgan fingerprint density at radius 1 is 0.233 bits per heavy atom. The zero-order valence-corrected chi connectivity index (χ0v) is 20.2. The van der Waals surface area contributed by atoms with Crippen molar-refractivity contribution in [3.8, 4) is 0 Å². The van der Waals surface area contributed by atoms with Crippen LogP contribution in [0, 0.1) is 47.3 Å². The molecular formula is C30H52. The summed E-state index contributed by atoms with van der Waals surface area (Å²) in [5, 5.41) is 0. The SMILES string of the molecule is C1CCC(C2C[C@@H](C3CCCCC3)C(C3CCCCC3)C[C@H]2C2CCCCC2)CC1. The van der Waals surface area contributed by atoms with E-state index in [4.69, 9.17) is 0 Å². The predicted molar refractivity (Wildman–Crippen MR) is 129 cm³/mol. The lowest BCUT2D eigenvalue weighted by Gasteiger charge is -2.53. The van der Waals surface area contributed by atoms with Crippen LogP contribution in [0.2, 0.25) is 0 Å². The average molecular weight is 413 g/mol. The maximum Gasteiger partial charge on any atom is -0.0352 e. The molecule has 0 aromatic heterocycles. The summed E-state index contributed by atoms with van der Waals surface area (Å²) in [5.74, 6) is 8.96. The lowest BCUT2D eigenvalue weighted by Crippen LogP contribution is -2.45. The van der Waals surface area contributed by atoms with Crippen LogP contribution in [0.15, 0.2) is 0 Å². The molecule has 5 aliphatic rings. The molecule has 0 spiro atoms. The highest BCUT2D eigenvalue weighted by Gasteiger charge is 2.47. The average Bonchev–Trinajstić information content (AvgIpc) is 2.85. The molecule has 0 nitrogen and oxygen atoms in total. The number of hydrogen-bond donors (Lipinski definition) is 0. The lowest BCUT2D eigenvalue weighted by atomic mass is 9.52. The van der Waals surface area contributed by atoms with E-state index >= 15 is 0 Å². The first kappa shape index (κ1) is 21.8. The Bertz CT molecular complexity index is 394. The second-order valence-corrected chi connectivity index (χ2v) is 12.7. The van der Waals surface area contributed by atoms with E-state index in [2.05, 4.69) is 0 Å². The van der Waals surface area contributed by atoms with Gasteiger partial charge >= 0.3 is 0 Å². The van der Waals surface area contributed by atoms with E-state index in [9.17, 15) is 0 Å². The van der Waals surface area contributed by atoms with Crippen LogP contribution in [0.3, 0.4) is 0 Å². The van der Waals surface area contributed by atoms with Gasteiger partial charge in [-0.15, -0.1) is 0 Å². The predicted octanol–water partition coefficient (Wildman–Crippen LogP) is 9.57. The van der Waals surface area contributed by atoms with E-state index in [1.165, 1.54) is 25.7 Å². The van der Waals surface area contributed by atoms with Gasteiger partial charge in [0, 0.05) is 0 Å². The normalized spacial score (nSPS) is 39.2. The van der Waals surface area contributed by atoms with Crippen molar-refractivity contribution in [2.45, 2.75) is 141 Å². The second kappa shape index (κ2) is 10.7. The van der Waals surface area contributed by atoms with Gasteiger partial charge in [-0.25, -0.2) is 0 Å². The highest BCUT2D eigenvalue weighted by atomic mass is 14.5. The van der Waals surface area contributed by atoms with Crippen LogP contribution < -0.4 is 0 Å². The van der Waals surface area contributed by atoms with E-state index < -0.39 is 0 Å². The van der Waals surface area contributed by atoms with Crippen LogP contribution >= 0.6 is 0 Å². The van der Waals surface area contributed by atoms with Crippen molar-refractivity contribution in [1.82, 2.24) is 0 Å². The van der Waals surface area contributed by atoms with Crippen LogP contribution in [0.1, 0.15) is 141 Å². The molecule has 0 amide bonds. The smallest absolute Gasteiger partial charge is 0.0352 e. The fourth-order valence-electron chi connectivity index (χ4n) is 9.75. The molecule has 2 unspecified atom stereocenters. The van der Waals surface area contributed by atoms with E-state index in [1.54, 1.807) is 116 Å². The van der Waals surface area contributed by atoms with Crippen molar-refractivity contribution in [3.63, 3.8) is 0 Å². The zero-order chi connectivity index (χ0) is 20.2. The number of hydrogen-bond acceptors (Lipinski definition) is 0. The lowest BCUT2D eigenvalue weighted by molar-refractivity contribution is -0.0378. The molecule has 0 bridgehead atoms. The van der Waals surface area contributed by atoms with Gasteiger partial charge in [-0.2, -0.15) is 0 Å². The Kier molecular flexibility index (Phi) is 7.82. The Labute approximate surface area is 188 Å². The molecule has 5 rings (SSSR count). The third-order valence-electron chi connectivity index (χ3n) is 11.2. The fraction of sp³-hybridized carbons (Fsp3) is 1.00. The molecule has 0 heterocycles. The third kappa shape index (κ3) is 4.98. The van der Waals surface area contributed by atoms with Gasteiger partial charge in [-0.05, 0) is 60.2 Å². The molecule has 0 aromatic rings. The Morgan fingerprint density at radius 2 is 0.433 bits per heavy atom. The maximum absolute atomic E-state index is 1.68. The first-order valence-electron chi connectivity index (χ1n) is 14.9. The van der Waals surface area contributed by atoms with Gasteiger partial charge in [-0.1, -0.05) is 128 Å². The standard InChI is InChI=1S/C30H52/c1-5-13-23(14-6-1)27-21-29(25-17-9-3-10-18-25)30(26-19-11-4-12-20-26)22-28(27)24-15-7-2-8-16-24/h23-30H,1-22H2/t27-,28?,29?,30-/m0/s1. The summed E-state index contributed by atoms with van der Waals surface area (Å²) in [6.45, 7) is 0.